The average Bonchev–Trinajstić information content (AvgIpc) is 2.77. The smallest absolute Gasteiger partial charge is 0.0366 e. The largest absolute Gasteiger partial charge is 0.371 e. The van der Waals surface area contributed by atoms with Gasteiger partial charge in [-0.1, -0.05) is 35.9 Å². The van der Waals surface area contributed by atoms with E-state index < -0.39 is 0 Å². The molecule has 1 heterocycles. The predicted octanol–water partition coefficient (Wildman–Crippen LogP) is 4.88. The molecule has 0 bridgehead atoms. The molecule has 1 aromatic carbocycles. The fraction of sp³-hybridized carbons (Fsp3) is 0.474. The first-order valence-electron chi connectivity index (χ1n) is 8.01. The molecule has 1 fully saturated rings. The van der Waals surface area contributed by atoms with Gasteiger partial charge in [0.25, 0.3) is 0 Å². The van der Waals surface area contributed by atoms with Crippen LogP contribution in [-0.2, 0) is 0 Å². The quantitative estimate of drug-likeness (QED) is 0.738. The number of allylic oxidation sites excluding steroid dienone is 4. The van der Waals surface area contributed by atoms with Crippen molar-refractivity contribution in [2.45, 2.75) is 39.0 Å². The lowest BCUT2D eigenvalue weighted by molar-refractivity contribution is 0.464. The van der Waals surface area contributed by atoms with Crippen LogP contribution in [0.1, 0.15) is 37.7 Å². The van der Waals surface area contributed by atoms with Gasteiger partial charge in [0, 0.05) is 18.8 Å². The van der Waals surface area contributed by atoms with Crippen molar-refractivity contribution >= 4 is 5.69 Å². The molecular formula is C19H25N. The molecule has 0 spiro atoms. The zero-order valence-electron chi connectivity index (χ0n) is 12.5. The van der Waals surface area contributed by atoms with E-state index in [1.165, 1.54) is 56.4 Å². The van der Waals surface area contributed by atoms with Crippen molar-refractivity contribution in [3.05, 3.63) is 53.6 Å². The molecule has 0 N–H and O–H groups in total. The summed E-state index contributed by atoms with van der Waals surface area (Å²) in [6.45, 7) is 4.54. The Morgan fingerprint density at radius 3 is 2.50 bits per heavy atom. The van der Waals surface area contributed by atoms with E-state index in [1.807, 2.05) is 0 Å². The number of anilines is 1. The van der Waals surface area contributed by atoms with Crippen molar-refractivity contribution in [2.24, 2.45) is 5.92 Å². The van der Waals surface area contributed by atoms with Gasteiger partial charge in [-0.25, -0.2) is 0 Å². The van der Waals surface area contributed by atoms with Crippen molar-refractivity contribution in [3.8, 4) is 0 Å². The number of hydrogen-bond donors (Lipinski definition) is 0. The fourth-order valence-corrected chi connectivity index (χ4v) is 3.32. The maximum absolute atomic E-state index is 2.54. The van der Waals surface area contributed by atoms with Crippen LogP contribution < -0.4 is 4.90 Å². The Bertz CT molecular complexity index is 487. The number of benzene rings is 1. The molecular weight excluding hydrogens is 242 g/mol. The number of rotatable bonds is 2. The minimum Gasteiger partial charge on any atom is -0.371 e. The molecule has 1 aromatic rings. The van der Waals surface area contributed by atoms with Crippen LogP contribution in [0.4, 0.5) is 5.69 Å². The number of aryl methyl sites for hydroxylation is 1. The van der Waals surface area contributed by atoms with Gasteiger partial charge in [-0.05, 0) is 62.7 Å². The summed E-state index contributed by atoms with van der Waals surface area (Å²) in [6.07, 6.45) is 13.7. The molecule has 106 valence electrons. The third-order valence-electron chi connectivity index (χ3n) is 4.63. The minimum absolute atomic E-state index is 0.783. The Balaban J connectivity index is 1.61. The summed E-state index contributed by atoms with van der Waals surface area (Å²) in [5.41, 5.74) is 4.34. The van der Waals surface area contributed by atoms with Gasteiger partial charge in [-0.3, -0.25) is 0 Å². The van der Waals surface area contributed by atoms with Crippen LogP contribution in [0.15, 0.2) is 48.1 Å². The lowest BCUT2D eigenvalue weighted by Crippen LogP contribution is -2.34. The fourth-order valence-electron chi connectivity index (χ4n) is 3.32. The highest BCUT2D eigenvalue weighted by Crippen LogP contribution is 2.30. The van der Waals surface area contributed by atoms with Crippen LogP contribution in [0.3, 0.4) is 0 Å². The van der Waals surface area contributed by atoms with Crippen LogP contribution in [0.2, 0.25) is 0 Å². The summed E-state index contributed by atoms with van der Waals surface area (Å²) in [4.78, 5) is 2.54. The van der Waals surface area contributed by atoms with E-state index in [9.17, 15) is 0 Å². The topological polar surface area (TPSA) is 3.24 Å². The average molecular weight is 267 g/mol. The van der Waals surface area contributed by atoms with Gasteiger partial charge in [0.2, 0.25) is 0 Å². The van der Waals surface area contributed by atoms with E-state index in [1.54, 1.807) is 5.57 Å². The maximum atomic E-state index is 2.54. The highest BCUT2D eigenvalue weighted by atomic mass is 15.1. The summed E-state index contributed by atoms with van der Waals surface area (Å²) >= 11 is 0. The lowest BCUT2D eigenvalue weighted by atomic mass is 9.88. The van der Waals surface area contributed by atoms with Crippen molar-refractivity contribution in [2.75, 3.05) is 18.0 Å². The molecule has 0 unspecified atom stereocenters. The summed E-state index contributed by atoms with van der Waals surface area (Å²) in [6, 6.07) is 8.97. The first-order chi connectivity index (χ1) is 9.83. The normalized spacial score (nSPS) is 20.6. The Morgan fingerprint density at radius 1 is 1.00 bits per heavy atom. The molecule has 0 amide bonds. The molecule has 1 nitrogen and oxygen atoms in total. The Hall–Kier alpha value is -1.50. The van der Waals surface area contributed by atoms with Crippen molar-refractivity contribution in [3.63, 3.8) is 0 Å². The van der Waals surface area contributed by atoms with Crippen LogP contribution in [0.5, 0.6) is 0 Å². The molecule has 1 aliphatic carbocycles. The summed E-state index contributed by atoms with van der Waals surface area (Å²) in [5, 5.41) is 0. The van der Waals surface area contributed by atoms with E-state index in [-0.39, 0.29) is 0 Å². The summed E-state index contributed by atoms with van der Waals surface area (Å²) in [7, 11) is 0. The summed E-state index contributed by atoms with van der Waals surface area (Å²) in [5.74, 6) is 0.783. The van der Waals surface area contributed by atoms with Crippen molar-refractivity contribution in [1.82, 2.24) is 0 Å². The monoisotopic (exact) mass is 267 g/mol. The maximum Gasteiger partial charge on any atom is 0.0366 e. The van der Waals surface area contributed by atoms with Crippen LogP contribution >= 0.6 is 0 Å². The van der Waals surface area contributed by atoms with Crippen molar-refractivity contribution < 1.29 is 0 Å². The Morgan fingerprint density at radius 2 is 1.75 bits per heavy atom. The van der Waals surface area contributed by atoms with Gasteiger partial charge >= 0.3 is 0 Å². The standard InChI is InChI=1S/C19H25N/c1-16-8-10-19(11-9-16)20-14-12-18(13-15-20)17-6-4-2-3-5-7-17/h4,6-11,18H,2-3,5,12-15H2,1H3. The summed E-state index contributed by atoms with van der Waals surface area (Å²) < 4.78 is 0. The minimum atomic E-state index is 0.783. The first kappa shape index (κ1) is 13.5. The molecule has 1 aliphatic heterocycles. The second kappa shape index (κ2) is 6.30. The van der Waals surface area contributed by atoms with Crippen LogP contribution in [0, 0.1) is 12.8 Å². The molecule has 0 radical (unpaired) electrons. The SMILES string of the molecule is Cc1ccc(N2CCC(C3=CCCCC=C3)CC2)cc1. The number of piperidine rings is 1. The van der Waals surface area contributed by atoms with E-state index in [0.29, 0.717) is 0 Å². The van der Waals surface area contributed by atoms with Gasteiger partial charge in [0.15, 0.2) is 0 Å². The Kier molecular flexibility index (Phi) is 4.25. The molecule has 2 aliphatic rings. The van der Waals surface area contributed by atoms with Crippen LogP contribution in [0.25, 0.3) is 0 Å². The van der Waals surface area contributed by atoms with Gasteiger partial charge in [-0.15, -0.1) is 0 Å². The molecule has 0 atom stereocenters. The number of hydrogen-bond acceptors (Lipinski definition) is 1. The second-order valence-corrected chi connectivity index (χ2v) is 6.13. The van der Waals surface area contributed by atoms with Gasteiger partial charge < -0.3 is 4.90 Å². The Labute approximate surface area is 123 Å². The number of nitrogens with zero attached hydrogens (tertiary/aromatic N) is 1. The molecule has 0 aromatic heterocycles. The van der Waals surface area contributed by atoms with Gasteiger partial charge in [0.1, 0.15) is 0 Å². The predicted molar refractivity (Wildman–Crippen MR) is 87.2 cm³/mol. The van der Waals surface area contributed by atoms with Gasteiger partial charge in [-0.2, -0.15) is 0 Å². The van der Waals surface area contributed by atoms with Crippen LogP contribution in [-0.4, -0.2) is 13.1 Å². The van der Waals surface area contributed by atoms with Crippen molar-refractivity contribution in [1.29, 1.82) is 0 Å². The highest BCUT2D eigenvalue weighted by Gasteiger charge is 2.21. The van der Waals surface area contributed by atoms with E-state index >= 15 is 0 Å². The van der Waals surface area contributed by atoms with Gasteiger partial charge in [0.05, 0.1) is 0 Å². The van der Waals surface area contributed by atoms with E-state index in [0.717, 1.165) is 5.92 Å². The highest BCUT2D eigenvalue weighted by molar-refractivity contribution is 5.48. The third-order valence-corrected chi connectivity index (χ3v) is 4.63. The second-order valence-electron chi connectivity index (χ2n) is 6.13. The van der Waals surface area contributed by atoms with E-state index in [2.05, 4.69) is 54.3 Å². The molecule has 20 heavy (non-hydrogen) atoms. The molecule has 0 saturated carbocycles. The lowest BCUT2D eigenvalue weighted by Gasteiger charge is -2.34. The molecule has 1 heteroatoms. The first-order valence-corrected chi connectivity index (χ1v) is 8.01. The third kappa shape index (κ3) is 3.15. The zero-order valence-corrected chi connectivity index (χ0v) is 12.5. The molecule has 1 saturated heterocycles. The molecule has 3 rings (SSSR count). The van der Waals surface area contributed by atoms with E-state index in [4.69, 9.17) is 0 Å². The zero-order chi connectivity index (χ0) is 13.8.